The summed E-state index contributed by atoms with van der Waals surface area (Å²) in [4.78, 5) is 3.99. The smallest absolute Gasteiger partial charge is 0.152 e. The van der Waals surface area contributed by atoms with Gasteiger partial charge in [-0.2, -0.15) is 0 Å². The normalized spacial score (nSPS) is 12.2. The molecule has 1 heterocycles. The Bertz CT molecular complexity index is 562. The van der Waals surface area contributed by atoms with E-state index in [2.05, 4.69) is 26.2 Å². The van der Waals surface area contributed by atoms with Crippen LogP contribution in [-0.2, 0) is 0 Å². The summed E-state index contributed by atoms with van der Waals surface area (Å²) in [6, 6.07) is 8.26. The molecule has 0 aliphatic rings. The average molecular weight is 330 g/mol. The van der Waals surface area contributed by atoms with E-state index in [0.29, 0.717) is 5.15 Å². The molecule has 2 nitrogen and oxygen atoms in total. The van der Waals surface area contributed by atoms with Crippen LogP contribution in [0.15, 0.2) is 41.0 Å². The number of nitrogens with one attached hydrogen (secondary N) is 1. The molecule has 94 valence electrons. The molecule has 2 rings (SSSR count). The molecule has 1 aromatic carbocycles. The molecule has 0 aliphatic carbocycles. The zero-order valence-electron chi connectivity index (χ0n) is 9.62. The molecule has 1 aromatic heterocycles. The summed E-state index contributed by atoms with van der Waals surface area (Å²) in [6.45, 7) is 1.97. The van der Waals surface area contributed by atoms with E-state index < -0.39 is 0 Å². The first-order valence-corrected chi connectivity index (χ1v) is 6.57. The number of aromatic nitrogens is 1. The Kier molecular flexibility index (Phi) is 4.19. The fourth-order valence-electron chi connectivity index (χ4n) is 1.66. The largest absolute Gasteiger partial charge is 0.376 e. The van der Waals surface area contributed by atoms with Crippen LogP contribution in [0.3, 0.4) is 0 Å². The van der Waals surface area contributed by atoms with Gasteiger partial charge in [-0.3, -0.25) is 0 Å². The number of nitrogens with zero attached hydrogens (tertiary/aromatic N) is 1. The molecule has 0 spiro atoms. The zero-order chi connectivity index (χ0) is 13.1. The van der Waals surface area contributed by atoms with Gasteiger partial charge in [-0.1, -0.05) is 33.6 Å². The minimum Gasteiger partial charge on any atom is -0.376 e. The van der Waals surface area contributed by atoms with Gasteiger partial charge in [0.05, 0.1) is 5.69 Å². The fourth-order valence-corrected chi connectivity index (χ4v) is 2.53. The molecule has 0 amide bonds. The highest BCUT2D eigenvalue weighted by molar-refractivity contribution is 9.10. The molecule has 0 saturated carbocycles. The molecule has 2 aromatic rings. The third-order valence-corrected chi connectivity index (χ3v) is 3.55. The van der Waals surface area contributed by atoms with Gasteiger partial charge in [0.2, 0.25) is 0 Å². The lowest BCUT2D eigenvalue weighted by Crippen LogP contribution is -2.08. The van der Waals surface area contributed by atoms with Crippen LogP contribution >= 0.6 is 27.5 Å². The number of rotatable bonds is 3. The van der Waals surface area contributed by atoms with Gasteiger partial charge >= 0.3 is 0 Å². The quantitative estimate of drug-likeness (QED) is 0.817. The Balaban J connectivity index is 2.22. The molecule has 0 saturated heterocycles. The first-order valence-electron chi connectivity index (χ1n) is 5.40. The van der Waals surface area contributed by atoms with Crippen LogP contribution < -0.4 is 5.32 Å². The van der Waals surface area contributed by atoms with Crippen molar-refractivity contribution >= 4 is 33.2 Å². The third-order valence-electron chi connectivity index (χ3n) is 2.56. The van der Waals surface area contributed by atoms with Crippen LogP contribution in [0.5, 0.6) is 0 Å². The van der Waals surface area contributed by atoms with Crippen molar-refractivity contribution in [2.45, 2.75) is 13.0 Å². The van der Waals surface area contributed by atoms with E-state index in [1.807, 2.05) is 13.0 Å². The van der Waals surface area contributed by atoms with E-state index in [1.165, 1.54) is 12.1 Å². The second-order valence-corrected chi connectivity index (χ2v) is 5.09. The van der Waals surface area contributed by atoms with Crippen molar-refractivity contribution in [1.82, 2.24) is 4.98 Å². The van der Waals surface area contributed by atoms with Gasteiger partial charge in [-0.25, -0.2) is 9.37 Å². The highest BCUT2D eigenvalue weighted by Crippen LogP contribution is 2.28. The second-order valence-electron chi connectivity index (χ2n) is 3.87. The van der Waals surface area contributed by atoms with E-state index >= 15 is 0 Å². The Hall–Kier alpha value is -1.13. The van der Waals surface area contributed by atoms with Gasteiger partial charge in [-0.05, 0) is 36.8 Å². The Morgan fingerprint density at radius 3 is 2.83 bits per heavy atom. The highest BCUT2D eigenvalue weighted by Gasteiger charge is 2.11. The minimum atomic E-state index is -0.266. The molecule has 5 heteroatoms. The molecule has 18 heavy (non-hydrogen) atoms. The number of pyridine rings is 1. The van der Waals surface area contributed by atoms with Crippen LogP contribution in [0.1, 0.15) is 18.5 Å². The Morgan fingerprint density at radius 1 is 1.39 bits per heavy atom. The monoisotopic (exact) mass is 328 g/mol. The lowest BCUT2D eigenvalue weighted by Gasteiger charge is -2.17. The van der Waals surface area contributed by atoms with Gasteiger partial charge in [0, 0.05) is 16.7 Å². The van der Waals surface area contributed by atoms with Crippen molar-refractivity contribution in [3.8, 4) is 0 Å². The topological polar surface area (TPSA) is 24.9 Å². The predicted octanol–water partition coefficient (Wildman–Crippen LogP) is 4.81. The van der Waals surface area contributed by atoms with Crippen molar-refractivity contribution in [2.24, 2.45) is 0 Å². The number of halogens is 3. The van der Waals surface area contributed by atoms with Crippen molar-refractivity contribution in [3.63, 3.8) is 0 Å². The summed E-state index contributed by atoms with van der Waals surface area (Å²) in [5.74, 6) is -0.266. The van der Waals surface area contributed by atoms with Crippen molar-refractivity contribution in [2.75, 3.05) is 5.32 Å². The number of hydrogen-bond acceptors (Lipinski definition) is 2. The fraction of sp³-hybridized carbons (Fsp3) is 0.154. The molecular formula is C13H11BrClFN2. The van der Waals surface area contributed by atoms with Gasteiger partial charge in [-0.15, -0.1) is 0 Å². The predicted molar refractivity (Wildman–Crippen MR) is 75.4 cm³/mol. The summed E-state index contributed by atoms with van der Waals surface area (Å²) >= 11 is 9.33. The van der Waals surface area contributed by atoms with E-state index in [9.17, 15) is 4.39 Å². The number of benzene rings is 1. The van der Waals surface area contributed by atoms with Crippen LogP contribution in [-0.4, -0.2) is 4.98 Å². The summed E-state index contributed by atoms with van der Waals surface area (Å²) in [6.07, 6.45) is 1.63. The van der Waals surface area contributed by atoms with E-state index in [-0.39, 0.29) is 11.9 Å². The maximum atomic E-state index is 13.0. The van der Waals surface area contributed by atoms with Gasteiger partial charge in [0.25, 0.3) is 0 Å². The Morgan fingerprint density at radius 2 is 2.17 bits per heavy atom. The summed E-state index contributed by atoms with van der Waals surface area (Å²) < 4.78 is 13.7. The van der Waals surface area contributed by atoms with Crippen molar-refractivity contribution < 1.29 is 4.39 Å². The van der Waals surface area contributed by atoms with Gasteiger partial charge in [0.1, 0.15) is 5.82 Å². The Labute approximate surface area is 118 Å². The summed E-state index contributed by atoms with van der Waals surface area (Å²) in [5.41, 5.74) is 1.71. The van der Waals surface area contributed by atoms with Crippen molar-refractivity contribution in [3.05, 3.63) is 57.5 Å². The lowest BCUT2D eigenvalue weighted by molar-refractivity contribution is 0.625. The van der Waals surface area contributed by atoms with Gasteiger partial charge in [0.15, 0.2) is 5.15 Å². The summed E-state index contributed by atoms with van der Waals surface area (Å²) in [7, 11) is 0. The van der Waals surface area contributed by atoms with E-state index in [1.54, 1.807) is 18.3 Å². The first-order chi connectivity index (χ1) is 8.58. The van der Waals surface area contributed by atoms with Crippen LogP contribution in [0.25, 0.3) is 0 Å². The van der Waals surface area contributed by atoms with E-state index in [0.717, 1.165) is 15.7 Å². The molecule has 0 aliphatic heterocycles. The SMILES string of the molecule is CC(Nc1cccnc1Cl)c1ccc(F)cc1Br. The second kappa shape index (κ2) is 5.67. The minimum absolute atomic E-state index is 0.0123. The molecule has 1 atom stereocenters. The number of hydrogen-bond donors (Lipinski definition) is 1. The molecule has 0 bridgehead atoms. The molecule has 0 fully saturated rings. The first kappa shape index (κ1) is 13.3. The maximum absolute atomic E-state index is 13.0. The van der Waals surface area contributed by atoms with E-state index in [4.69, 9.17) is 11.6 Å². The van der Waals surface area contributed by atoms with Crippen LogP contribution in [0.2, 0.25) is 5.15 Å². The molecule has 1 N–H and O–H groups in total. The highest BCUT2D eigenvalue weighted by atomic mass is 79.9. The molecule has 0 radical (unpaired) electrons. The lowest BCUT2D eigenvalue weighted by atomic mass is 10.1. The summed E-state index contributed by atoms with van der Waals surface area (Å²) in [5, 5.41) is 3.66. The zero-order valence-corrected chi connectivity index (χ0v) is 12.0. The van der Waals surface area contributed by atoms with Crippen LogP contribution in [0.4, 0.5) is 10.1 Å². The maximum Gasteiger partial charge on any atom is 0.152 e. The van der Waals surface area contributed by atoms with Crippen LogP contribution in [0, 0.1) is 5.82 Å². The van der Waals surface area contributed by atoms with Gasteiger partial charge < -0.3 is 5.32 Å². The molecular weight excluding hydrogens is 319 g/mol. The third kappa shape index (κ3) is 3.00. The average Bonchev–Trinajstić information content (AvgIpc) is 2.32. The number of anilines is 1. The van der Waals surface area contributed by atoms with Crippen molar-refractivity contribution in [1.29, 1.82) is 0 Å². The molecule has 1 unspecified atom stereocenters. The standard InChI is InChI=1S/C13H11BrClFN2/c1-8(10-5-4-9(16)7-11(10)14)18-12-3-2-6-17-13(12)15/h2-8,18H,1H3.